The average molecular weight is 486 g/mol. The number of amides is 1. The van der Waals surface area contributed by atoms with Crippen molar-refractivity contribution < 1.29 is 17.9 Å². The maximum absolute atomic E-state index is 13.0. The van der Waals surface area contributed by atoms with Gasteiger partial charge < -0.3 is 9.64 Å². The summed E-state index contributed by atoms with van der Waals surface area (Å²) in [4.78, 5) is 16.2. The lowest BCUT2D eigenvalue weighted by Gasteiger charge is -2.34. The summed E-state index contributed by atoms with van der Waals surface area (Å²) in [5, 5.41) is 0.202. The summed E-state index contributed by atoms with van der Waals surface area (Å²) >= 11 is 12.2. The summed E-state index contributed by atoms with van der Waals surface area (Å²) < 4.78 is 32.5. The van der Waals surface area contributed by atoms with Crippen molar-refractivity contribution in [2.24, 2.45) is 0 Å². The maximum Gasteiger partial charge on any atom is 0.246 e. The van der Waals surface area contributed by atoms with Crippen molar-refractivity contribution >= 4 is 39.1 Å². The second-order valence-electron chi connectivity index (χ2n) is 7.33. The van der Waals surface area contributed by atoms with Crippen LogP contribution in [-0.4, -0.2) is 75.3 Å². The Morgan fingerprint density at radius 3 is 2.29 bits per heavy atom. The summed E-state index contributed by atoms with van der Waals surface area (Å²) in [5.74, 6) is 0.711. The van der Waals surface area contributed by atoms with Crippen molar-refractivity contribution in [1.29, 1.82) is 0 Å². The normalized spacial score (nSPS) is 15.6. The molecule has 3 rings (SSSR count). The first-order valence-corrected chi connectivity index (χ1v) is 12.0. The number of rotatable bonds is 7. The molecule has 0 bridgehead atoms. The number of sulfonamides is 1. The quantitative estimate of drug-likeness (QED) is 0.602. The van der Waals surface area contributed by atoms with Crippen molar-refractivity contribution in [3.8, 4) is 5.75 Å². The van der Waals surface area contributed by atoms with Crippen LogP contribution in [0.25, 0.3) is 0 Å². The van der Waals surface area contributed by atoms with Crippen LogP contribution in [0, 0.1) is 0 Å². The van der Waals surface area contributed by atoms with Crippen LogP contribution in [0.1, 0.15) is 5.56 Å². The summed E-state index contributed by atoms with van der Waals surface area (Å²) in [6, 6.07) is 12.2. The Morgan fingerprint density at radius 1 is 1.06 bits per heavy atom. The molecule has 1 fully saturated rings. The summed E-state index contributed by atoms with van der Waals surface area (Å²) in [5.41, 5.74) is 0.975. The van der Waals surface area contributed by atoms with E-state index in [0.29, 0.717) is 19.6 Å². The molecular weight excluding hydrogens is 461 g/mol. The number of halogens is 2. The highest BCUT2D eigenvalue weighted by Gasteiger charge is 2.32. The van der Waals surface area contributed by atoms with E-state index in [-0.39, 0.29) is 40.5 Å². The zero-order valence-corrected chi connectivity index (χ0v) is 19.8. The van der Waals surface area contributed by atoms with Crippen molar-refractivity contribution in [3.05, 3.63) is 58.1 Å². The van der Waals surface area contributed by atoms with Crippen LogP contribution in [0.5, 0.6) is 5.75 Å². The van der Waals surface area contributed by atoms with Crippen molar-refractivity contribution in [3.63, 3.8) is 0 Å². The van der Waals surface area contributed by atoms with Crippen molar-refractivity contribution in [2.45, 2.75) is 11.4 Å². The lowest BCUT2D eigenvalue weighted by atomic mass is 10.2. The molecule has 1 aliphatic heterocycles. The third-order valence-corrected chi connectivity index (χ3v) is 8.04. The fourth-order valence-corrected chi connectivity index (χ4v) is 5.94. The number of hydrogen-bond donors (Lipinski definition) is 0. The summed E-state index contributed by atoms with van der Waals surface area (Å²) in [6.07, 6.45) is 0. The van der Waals surface area contributed by atoms with Gasteiger partial charge in [-0.15, -0.1) is 0 Å². The van der Waals surface area contributed by atoms with Gasteiger partial charge in [-0.1, -0.05) is 41.4 Å². The van der Waals surface area contributed by atoms with Gasteiger partial charge in [-0.2, -0.15) is 4.31 Å². The Balaban J connectivity index is 1.56. The van der Waals surface area contributed by atoms with E-state index in [0.717, 1.165) is 11.3 Å². The van der Waals surface area contributed by atoms with E-state index in [2.05, 4.69) is 0 Å². The fourth-order valence-electron chi connectivity index (χ4n) is 3.43. The lowest BCUT2D eigenvalue weighted by molar-refractivity contribution is -0.131. The zero-order chi connectivity index (χ0) is 22.6. The smallest absolute Gasteiger partial charge is 0.246 e. The number of nitrogens with zero attached hydrogens (tertiary/aromatic N) is 3. The Labute approximate surface area is 193 Å². The topological polar surface area (TPSA) is 70.2 Å². The van der Waals surface area contributed by atoms with Gasteiger partial charge >= 0.3 is 0 Å². The van der Waals surface area contributed by atoms with E-state index in [4.69, 9.17) is 27.9 Å². The highest BCUT2D eigenvalue weighted by Crippen LogP contribution is 2.31. The molecule has 0 N–H and O–H groups in total. The fraction of sp³-hybridized carbons (Fsp3) is 0.381. The predicted octanol–water partition coefficient (Wildman–Crippen LogP) is 2.97. The van der Waals surface area contributed by atoms with E-state index in [9.17, 15) is 13.2 Å². The minimum absolute atomic E-state index is 0.0340. The Hall–Kier alpha value is -1.84. The standard InChI is InChI=1S/C21H25Cl2N3O4S/c1-24(14-16-5-3-6-17(13-16)30-2)20(27)15-25-9-11-26(12-10-25)31(28,29)21-18(22)7-4-8-19(21)23/h3-8,13H,9-12,14-15H2,1-2H3. The van der Waals surface area contributed by atoms with Crippen LogP contribution in [0.4, 0.5) is 0 Å². The van der Waals surface area contributed by atoms with Crippen molar-refractivity contribution in [1.82, 2.24) is 14.1 Å². The molecule has 0 aliphatic carbocycles. The molecule has 168 valence electrons. The maximum atomic E-state index is 13.0. The van der Waals surface area contributed by atoms with Gasteiger partial charge in [0, 0.05) is 39.8 Å². The van der Waals surface area contributed by atoms with Crippen LogP contribution >= 0.6 is 23.2 Å². The molecule has 2 aromatic rings. The second kappa shape index (κ2) is 10.2. The Morgan fingerprint density at radius 2 is 1.68 bits per heavy atom. The first-order valence-electron chi connectivity index (χ1n) is 9.76. The molecule has 0 aromatic heterocycles. The van der Waals surface area contributed by atoms with Crippen LogP contribution in [0.3, 0.4) is 0 Å². The Bertz CT molecular complexity index is 1020. The predicted molar refractivity (Wildman–Crippen MR) is 121 cm³/mol. The Kier molecular flexibility index (Phi) is 7.82. The number of carbonyl (C=O) groups excluding carboxylic acids is 1. The average Bonchev–Trinajstić information content (AvgIpc) is 2.74. The molecule has 10 heteroatoms. The van der Waals surface area contributed by atoms with Crippen LogP contribution in [0.2, 0.25) is 10.0 Å². The minimum atomic E-state index is -3.80. The highest BCUT2D eigenvalue weighted by atomic mass is 35.5. The number of methoxy groups -OCH3 is 1. The molecule has 2 aromatic carbocycles. The minimum Gasteiger partial charge on any atom is -0.497 e. The number of hydrogen-bond acceptors (Lipinski definition) is 5. The first kappa shape index (κ1) is 23.8. The molecular formula is C21H25Cl2N3O4S. The van der Waals surface area contributed by atoms with Crippen LogP contribution in [-0.2, 0) is 21.4 Å². The van der Waals surface area contributed by atoms with Crippen molar-refractivity contribution in [2.75, 3.05) is 46.9 Å². The number of ether oxygens (including phenoxy) is 1. The van der Waals surface area contributed by atoms with E-state index in [1.54, 1.807) is 25.1 Å². The van der Waals surface area contributed by atoms with Gasteiger partial charge in [0.2, 0.25) is 15.9 Å². The molecule has 0 saturated carbocycles. The number of benzene rings is 2. The van der Waals surface area contributed by atoms with E-state index < -0.39 is 10.0 Å². The molecule has 0 radical (unpaired) electrons. The van der Waals surface area contributed by atoms with Gasteiger partial charge in [0.15, 0.2) is 0 Å². The molecule has 1 heterocycles. The molecule has 1 aliphatic rings. The number of carbonyl (C=O) groups is 1. The molecule has 7 nitrogen and oxygen atoms in total. The zero-order valence-electron chi connectivity index (χ0n) is 17.4. The summed E-state index contributed by atoms with van der Waals surface area (Å²) in [6.45, 7) is 2.10. The second-order valence-corrected chi connectivity index (χ2v) is 10.0. The molecule has 0 unspecified atom stereocenters. The number of piperazine rings is 1. The SMILES string of the molecule is COc1cccc(CN(C)C(=O)CN2CCN(S(=O)(=O)c3c(Cl)cccc3Cl)CC2)c1. The highest BCUT2D eigenvalue weighted by molar-refractivity contribution is 7.89. The summed E-state index contributed by atoms with van der Waals surface area (Å²) in [7, 11) is -0.447. The molecule has 0 spiro atoms. The largest absolute Gasteiger partial charge is 0.497 e. The molecule has 0 atom stereocenters. The molecule has 1 amide bonds. The number of likely N-dealkylation sites (N-methyl/N-ethyl adjacent to an activating group) is 1. The van der Waals surface area contributed by atoms with Gasteiger partial charge in [-0.25, -0.2) is 8.42 Å². The van der Waals surface area contributed by atoms with Gasteiger partial charge in [0.1, 0.15) is 10.6 Å². The van der Waals surface area contributed by atoms with E-state index >= 15 is 0 Å². The van der Waals surface area contributed by atoms with E-state index in [1.807, 2.05) is 29.2 Å². The lowest BCUT2D eigenvalue weighted by Crippen LogP contribution is -2.51. The first-order chi connectivity index (χ1) is 14.7. The van der Waals surface area contributed by atoms with Gasteiger partial charge in [-0.05, 0) is 29.8 Å². The van der Waals surface area contributed by atoms with Crippen LogP contribution in [0.15, 0.2) is 47.4 Å². The molecule has 1 saturated heterocycles. The van der Waals surface area contributed by atoms with Gasteiger partial charge in [0.25, 0.3) is 0 Å². The third kappa shape index (κ3) is 5.70. The monoisotopic (exact) mass is 485 g/mol. The van der Waals surface area contributed by atoms with Gasteiger partial charge in [-0.3, -0.25) is 9.69 Å². The third-order valence-electron chi connectivity index (χ3n) is 5.19. The van der Waals surface area contributed by atoms with Crippen LogP contribution < -0.4 is 4.74 Å². The van der Waals surface area contributed by atoms with Gasteiger partial charge in [0.05, 0.1) is 23.7 Å². The van der Waals surface area contributed by atoms with E-state index in [1.165, 1.54) is 16.4 Å². The molecule has 31 heavy (non-hydrogen) atoms.